The number of aromatic nitrogens is 5. The summed E-state index contributed by atoms with van der Waals surface area (Å²) in [4.78, 5) is 8.87. The summed E-state index contributed by atoms with van der Waals surface area (Å²) in [6.45, 7) is 6.17. The number of fused-ring (bicyclic) bond motifs is 1. The normalized spacial score (nSPS) is 20.2. The van der Waals surface area contributed by atoms with Crippen molar-refractivity contribution in [3.63, 3.8) is 0 Å². The van der Waals surface area contributed by atoms with Crippen LogP contribution in [0.15, 0.2) is 5.16 Å². The lowest BCUT2D eigenvalue weighted by atomic mass is 9.94. The van der Waals surface area contributed by atoms with Gasteiger partial charge in [-0.1, -0.05) is 11.8 Å². The van der Waals surface area contributed by atoms with Gasteiger partial charge in [-0.15, -0.1) is 10.2 Å². The smallest absolute Gasteiger partial charge is 0.220 e. The second-order valence-corrected chi connectivity index (χ2v) is 8.24. The third-order valence-corrected chi connectivity index (χ3v) is 6.40. The largest absolute Gasteiger partial charge is 0.473 e. The molecule has 1 N–H and O–H groups in total. The molecule has 0 amide bonds. The Kier molecular flexibility index (Phi) is 5.13. The summed E-state index contributed by atoms with van der Waals surface area (Å²) in [6.07, 6.45) is 4.46. The molecule has 2 aromatic rings. The Morgan fingerprint density at radius 2 is 2.00 bits per heavy atom. The summed E-state index contributed by atoms with van der Waals surface area (Å²) in [6, 6.07) is 0. The van der Waals surface area contributed by atoms with Crippen molar-refractivity contribution in [2.45, 2.75) is 50.8 Å². The van der Waals surface area contributed by atoms with Crippen LogP contribution in [0.2, 0.25) is 0 Å². The maximum absolute atomic E-state index is 6.02. The predicted octanol–water partition coefficient (Wildman–Crippen LogP) is 1.86. The van der Waals surface area contributed by atoms with Gasteiger partial charge >= 0.3 is 0 Å². The average Bonchev–Trinajstić information content (AvgIpc) is 3.18. The Labute approximate surface area is 158 Å². The van der Waals surface area contributed by atoms with E-state index >= 15 is 0 Å². The lowest BCUT2D eigenvalue weighted by Gasteiger charge is -2.21. The van der Waals surface area contributed by atoms with Gasteiger partial charge in [0.2, 0.25) is 5.88 Å². The highest BCUT2D eigenvalue weighted by Gasteiger charge is 2.27. The van der Waals surface area contributed by atoms with Crippen molar-refractivity contribution < 1.29 is 4.74 Å². The SMILES string of the molecule is Cc1nc(C)c2c(n1)OC(CSc1nnc(CC3CCNCC3)n1C)C2. The fourth-order valence-electron chi connectivity index (χ4n) is 3.72. The Morgan fingerprint density at radius 3 is 2.81 bits per heavy atom. The van der Waals surface area contributed by atoms with E-state index in [1.54, 1.807) is 11.8 Å². The number of hydrogen-bond acceptors (Lipinski definition) is 7. The minimum atomic E-state index is 0.120. The summed E-state index contributed by atoms with van der Waals surface area (Å²) in [5.74, 6) is 4.17. The zero-order valence-corrected chi connectivity index (χ0v) is 16.5. The molecule has 0 radical (unpaired) electrons. The van der Waals surface area contributed by atoms with E-state index in [4.69, 9.17) is 4.74 Å². The number of nitrogens with zero attached hydrogens (tertiary/aromatic N) is 5. The van der Waals surface area contributed by atoms with Crippen molar-refractivity contribution >= 4 is 11.8 Å². The molecule has 0 bridgehead atoms. The highest BCUT2D eigenvalue weighted by molar-refractivity contribution is 7.99. The van der Waals surface area contributed by atoms with Crippen molar-refractivity contribution in [3.05, 3.63) is 22.9 Å². The first-order valence-corrected chi connectivity index (χ1v) is 10.3. The molecule has 0 aliphatic carbocycles. The van der Waals surface area contributed by atoms with Crippen LogP contribution in [-0.4, -0.2) is 49.7 Å². The van der Waals surface area contributed by atoms with Crippen LogP contribution < -0.4 is 10.1 Å². The van der Waals surface area contributed by atoms with Gasteiger partial charge in [0.25, 0.3) is 0 Å². The van der Waals surface area contributed by atoms with Crippen LogP contribution in [0.25, 0.3) is 0 Å². The molecule has 2 aromatic heterocycles. The molecule has 1 saturated heterocycles. The fraction of sp³-hybridized carbons (Fsp3) is 0.667. The summed E-state index contributed by atoms with van der Waals surface area (Å²) < 4.78 is 8.17. The average molecular weight is 375 g/mol. The summed E-state index contributed by atoms with van der Waals surface area (Å²) >= 11 is 1.71. The van der Waals surface area contributed by atoms with Crippen LogP contribution in [-0.2, 0) is 19.9 Å². The van der Waals surface area contributed by atoms with Gasteiger partial charge < -0.3 is 14.6 Å². The van der Waals surface area contributed by atoms with Crippen LogP contribution in [0.4, 0.5) is 0 Å². The maximum Gasteiger partial charge on any atom is 0.220 e. The van der Waals surface area contributed by atoms with Crippen LogP contribution in [0.5, 0.6) is 5.88 Å². The third-order valence-electron chi connectivity index (χ3n) is 5.25. The molecule has 7 nitrogen and oxygen atoms in total. The first-order valence-electron chi connectivity index (χ1n) is 9.32. The molecule has 140 valence electrons. The Bertz CT molecular complexity index is 786. The molecule has 1 unspecified atom stereocenters. The van der Waals surface area contributed by atoms with E-state index in [-0.39, 0.29) is 6.10 Å². The van der Waals surface area contributed by atoms with Crippen LogP contribution in [0, 0.1) is 19.8 Å². The third kappa shape index (κ3) is 3.71. The monoisotopic (exact) mass is 374 g/mol. The number of nitrogens with one attached hydrogen (secondary N) is 1. The van der Waals surface area contributed by atoms with E-state index in [1.165, 1.54) is 12.8 Å². The molecule has 0 spiro atoms. The van der Waals surface area contributed by atoms with Gasteiger partial charge in [-0.2, -0.15) is 4.98 Å². The minimum Gasteiger partial charge on any atom is -0.473 e. The molecule has 1 fully saturated rings. The number of piperidine rings is 1. The van der Waals surface area contributed by atoms with Gasteiger partial charge in [-0.3, -0.25) is 0 Å². The molecule has 8 heteroatoms. The van der Waals surface area contributed by atoms with Crippen molar-refractivity contribution in [1.82, 2.24) is 30.0 Å². The minimum absolute atomic E-state index is 0.120. The maximum atomic E-state index is 6.02. The number of rotatable bonds is 5. The summed E-state index contributed by atoms with van der Waals surface area (Å²) in [7, 11) is 2.07. The molecular weight excluding hydrogens is 348 g/mol. The molecule has 4 heterocycles. The topological polar surface area (TPSA) is 77.8 Å². The highest BCUT2D eigenvalue weighted by atomic mass is 32.2. The van der Waals surface area contributed by atoms with E-state index in [2.05, 4.69) is 37.1 Å². The lowest BCUT2D eigenvalue weighted by Crippen LogP contribution is -2.29. The Morgan fingerprint density at radius 1 is 1.19 bits per heavy atom. The van der Waals surface area contributed by atoms with Crippen LogP contribution >= 0.6 is 11.8 Å². The molecule has 0 aromatic carbocycles. The van der Waals surface area contributed by atoms with Crippen LogP contribution in [0.3, 0.4) is 0 Å². The second kappa shape index (κ2) is 7.52. The molecule has 26 heavy (non-hydrogen) atoms. The van der Waals surface area contributed by atoms with E-state index in [1.807, 2.05) is 13.8 Å². The molecule has 0 saturated carbocycles. The molecule has 2 aliphatic rings. The molecule has 4 rings (SSSR count). The van der Waals surface area contributed by atoms with Crippen molar-refractivity contribution in [2.75, 3.05) is 18.8 Å². The van der Waals surface area contributed by atoms with Crippen molar-refractivity contribution in [3.8, 4) is 5.88 Å². The predicted molar refractivity (Wildman–Crippen MR) is 101 cm³/mol. The summed E-state index contributed by atoms with van der Waals surface area (Å²) in [5, 5.41) is 13.2. The lowest BCUT2D eigenvalue weighted by molar-refractivity contribution is 0.250. The van der Waals surface area contributed by atoms with E-state index in [9.17, 15) is 0 Å². The number of thioether (sulfide) groups is 1. The van der Waals surface area contributed by atoms with E-state index in [0.717, 1.165) is 71.5 Å². The fourth-order valence-corrected chi connectivity index (χ4v) is 4.64. The standard InChI is InChI=1S/C18H26N6OS/c1-11-15-9-14(25-17(15)21-12(2)20-11)10-26-18-23-22-16(24(18)3)8-13-4-6-19-7-5-13/h13-14,19H,4-10H2,1-3H3. The summed E-state index contributed by atoms with van der Waals surface area (Å²) in [5.41, 5.74) is 2.17. The quantitative estimate of drug-likeness (QED) is 0.800. The van der Waals surface area contributed by atoms with Gasteiger partial charge in [-0.05, 0) is 45.7 Å². The van der Waals surface area contributed by atoms with E-state index in [0.29, 0.717) is 0 Å². The van der Waals surface area contributed by atoms with Crippen LogP contribution in [0.1, 0.15) is 35.7 Å². The van der Waals surface area contributed by atoms with Gasteiger partial charge in [0.1, 0.15) is 17.8 Å². The van der Waals surface area contributed by atoms with Gasteiger partial charge in [0.15, 0.2) is 5.16 Å². The Hall–Kier alpha value is -1.67. The molecular formula is C18H26N6OS. The number of aryl methyl sites for hydroxylation is 2. The zero-order chi connectivity index (χ0) is 18.1. The molecule has 2 aliphatic heterocycles. The van der Waals surface area contributed by atoms with Gasteiger partial charge in [0.05, 0.1) is 0 Å². The number of hydrogen-bond donors (Lipinski definition) is 1. The van der Waals surface area contributed by atoms with Crippen molar-refractivity contribution in [1.29, 1.82) is 0 Å². The number of ether oxygens (including phenoxy) is 1. The first kappa shape index (κ1) is 17.7. The second-order valence-electron chi connectivity index (χ2n) is 7.25. The molecule has 1 atom stereocenters. The first-order chi connectivity index (χ1) is 12.6. The van der Waals surface area contributed by atoms with Crippen molar-refractivity contribution in [2.24, 2.45) is 13.0 Å². The highest BCUT2D eigenvalue weighted by Crippen LogP contribution is 2.31. The van der Waals surface area contributed by atoms with Gasteiger partial charge in [-0.25, -0.2) is 4.98 Å². The Balaban J connectivity index is 1.35. The van der Waals surface area contributed by atoms with E-state index < -0.39 is 0 Å². The zero-order valence-electron chi connectivity index (χ0n) is 15.7. The van der Waals surface area contributed by atoms with Gasteiger partial charge in [0, 0.05) is 36.9 Å².